The van der Waals surface area contributed by atoms with E-state index in [1.807, 2.05) is 0 Å². The standard InChI is InChI=1S/C18H24O6/c1-4-5-6-13-14(15-16(23-15)18(21-3)22-13)24-17(19)11-7-9-12(20-2)10-8-11/h7-10,13-16,18H,4-6H2,1-3H3/t13-,14+,15+,16+,18+/m0/s1. The second-order valence-corrected chi connectivity index (χ2v) is 6.08. The van der Waals surface area contributed by atoms with Crippen molar-refractivity contribution in [3.8, 4) is 5.75 Å². The summed E-state index contributed by atoms with van der Waals surface area (Å²) in [4.78, 5) is 12.4. The molecular formula is C18H24O6. The first-order valence-corrected chi connectivity index (χ1v) is 8.36. The fraction of sp³-hybridized carbons (Fsp3) is 0.611. The predicted molar refractivity (Wildman–Crippen MR) is 86.1 cm³/mol. The molecule has 0 N–H and O–H groups in total. The fourth-order valence-corrected chi connectivity index (χ4v) is 3.05. The largest absolute Gasteiger partial charge is 0.497 e. The van der Waals surface area contributed by atoms with E-state index in [-0.39, 0.29) is 30.6 Å². The number of hydrogen-bond acceptors (Lipinski definition) is 6. The van der Waals surface area contributed by atoms with E-state index in [0.717, 1.165) is 19.3 Å². The molecule has 0 spiro atoms. The number of rotatable bonds is 7. The van der Waals surface area contributed by atoms with Gasteiger partial charge < -0.3 is 23.7 Å². The summed E-state index contributed by atoms with van der Waals surface area (Å²) >= 11 is 0. The van der Waals surface area contributed by atoms with Crippen molar-refractivity contribution in [1.82, 2.24) is 0 Å². The number of benzene rings is 1. The van der Waals surface area contributed by atoms with Crippen molar-refractivity contribution >= 4 is 5.97 Å². The van der Waals surface area contributed by atoms with Gasteiger partial charge in [-0.05, 0) is 30.7 Å². The van der Waals surface area contributed by atoms with Gasteiger partial charge in [0.2, 0.25) is 0 Å². The van der Waals surface area contributed by atoms with Gasteiger partial charge in [-0.15, -0.1) is 0 Å². The van der Waals surface area contributed by atoms with Crippen molar-refractivity contribution in [2.45, 2.75) is 56.9 Å². The topological polar surface area (TPSA) is 66.5 Å². The van der Waals surface area contributed by atoms with Crippen LogP contribution in [0.5, 0.6) is 5.75 Å². The summed E-state index contributed by atoms with van der Waals surface area (Å²) in [6, 6.07) is 6.85. The number of carbonyl (C=O) groups is 1. The minimum absolute atomic E-state index is 0.146. The molecule has 0 radical (unpaired) electrons. The third-order valence-corrected chi connectivity index (χ3v) is 4.47. The Hall–Kier alpha value is -1.63. The summed E-state index contributed by atoms with van der Waals surface area (Å²) in [5.41, 5.74) is 0.483. The lowest BCUT2D eigenvalue weighted by molar-refractivity contribution is -0.201. The molecule has 0 unspecified atom stereocenters. The van der Waals surface area contributed by atoms with Gasteiger partial charge in [-0.2, -0.15) is 0 Å². The highest BCUT2D eigenvalue weighted by molar-refractivity contribution is 5.89. The second kappa shape index (κ2) is 7.51. The van der Waals surface area contributed by atoms with Gasteiger partial charge >= 0.3 is 5.97 Å². The lowest BCUT2D eigenvalue weighted by Crippen LogP contribution is -2.47. The lowest BCUT2D eigenvalue weighted by atomic mass is 9.99. The smallest absolute Gasteiger partial charge is 0.338 e. The lowest BCUT2D eigenvalue weighted by Gasteiger charge is -2.32. The van der Waals surface area contributed by atoms with E-state index in [1.165, 1.54) is 0 Å². The predicted octanol–water partition coefficient (Wildman–Crippen LogP) is 2.55. The summed E-state index contributed by atoms with van der Waals surface area (Å²) in [7, 11) is 3.19. The molecule has 2 fully saturated rings. The van der Waals surface area contributed by atoms with E-state index in [9.17, 15) is 4.79 Å². The Balaban J connectivity index is 1.67. The number of carbonyl (C=O) groups excluding carboxylic acids is 1. The van der Waals surface area contributed by atoms with Crippen LogP contribution >= 0.6 is 0 Å². The maximum atomic E-state index is 12.4. The SMILES string of the molecule is CCCC[C@@H]1O[C@@H](OC)[C@@H]2O[C@@H]2[C@@H]1OC(=O)c1ccc(OC)cc1. The fourth-order valence-electron chi connectivity index (χ4n) is 3.05. The molecule has 0 saturated carbocycles. The average molecular weight is 336 g/mol. The monoisotopic (exact) mass is 336 g/mol. The zero-order valence-corrected chi connectivity index (χ0v) is 14.3. The van der Waals surface area contributed by atoms with Crippen LogP contribution in [0.25, 0.3) is 0 Å². The molecular weight excluding hydrogens is 312 g/mol. The number of epoxide rings is 1. The zero-order valence-electron chi connectivity index (χ0n) is 14.3. The van der Waals surface area contributed by atoms with E-state index in [0.29, 0.717) is 11.3 Å². The summed E-state index contributed by atoms with van der Waals surface area (Å²) in [5, 5.41) is 0. The van der Waals surface area contributed by atoms with Crippen LogP contribution in [0.2, 0.25) is 0 Å². The maximum Gasteiger partial charge on any atom is 0.338 e. The zero-order chi connectivity index (χ0) is 17.1. The molecule has 0 bridgehead atoms. The quantitative estimate of drug-likeness (QED) is 0.563. The minimum Gasteiger partial charge on any atom is -0.497 e. The first kappa shape index (κ1) is 17.2. The summed E-state index contributed by atoms with van der Waals surface area (Å²) in [5.74, 6) is 0.319. The highest BCUT2D eigenvalue weighted by atomic mass is 16.7. The first-order chi connectivity index (χ1) is 11.7. The van der Waals surface area contributed by atoms with Crippen LogP contribution in [-0.4, -0.2) is 50.9 Å². The second-order valence-electron chi connectivity index (χ2n) is 6.08. The molecule has 5 atom stereocenters. The number of hydrogen-bond donors (Lipinski definition) is 0. The highest BCUT2D eigenvalue weighted by Gasteiger charge is 2.59. The van der Waals surface area contributed by atoms with E-state index in [1.54, 1.807) is 38.5 Å². The van der Waals surface area contributed by atoms with Gasteiger partial charge in [-0.25, -0.2) is 4.79 Å². The van der Waals surface area contributed by atoms with Crippen molar-refractivity contribution in [2.75, 3.05) is 14.2 Å². The van der Waals surface area contributed by atoms with Crippen LogP contribution in [0.15, 0.2) is 24.3 Å². The van der Waals surface area contributed by atoms with Gasteiger partial charge in [0, 0.05) is 7.11 Å². The molecule has 0 aliphatic carbocycles. The molecule has 1 aromatic carbocycles. The van der Waals surface area contributed by atoms with E-state index < -0.39 is 6.10 Å². The van der Waals surface area contributed by atoms with Gasteiger partial charge in [0.25, 0.3) is 0 Å². The van der Waals surface area contributed by atoms with Crippen LogP contribution < -0.4 is 4.74 Å². The molecule has 0 aromatic heterocycles. The van der Waals surface area contributed by atoms with Crippen molar-refractivity contribution in [2.24, 2.45) is 0 Å². The van der Waals surface area contributed by atoms with Crippen LogP contribution in [0.4, 0.5) is 0 Å². The first-order valence-electron chi connectivity index (χ1n) is 8.36. The molecule has 1 aromatic rings. The molecule has 2 saturated heterocycles. The van der Waals surface area contributed by atoms with Gasteiger partial charge in [-0.3, -0.25) is 0 Å². The Kier molecular flexibility index (Phi) is 5.38. The third-order valence-electron chi connectivity index (χ3n) is 4.47. The number of esters is 1. The highest BCUT2D eigenvalue weighted by Crippen LogP contribution is 2.40. The van der Waals surface area contributed by atoms with Crippen LogP contribution in [-0.2, 0) is 18.9 Å². The van der Waals surface area contributed by atoms with Gasteiger partial charge in [0.05, 0.1) is 12.7 Å². The summed E-state index contributed by atoms with van der Waals surface area (Å²) in [6.07, 6.45) is 1.56. The molecule has 2 aliphatic heterocycles. The third kappa shape index (κ3) is 3.55. The summed E-state index contributed by atoms with van der Waals surface area (Å²) in [6.45, 7) is 2.12. The molecule has 0 amide bonds. The Bertz CT molecular complexity index is 557. The maximum absolute atomic E-state index is 12.4. The Morgan fingerprint density at radius 3 is 2.50 bits per heavy atom. The number of fused-ring (bicyclic) bond motifs is 1. The molecule has 6 heteroatoms. The molecule has 3 rings (SSSR count). The number of unbranched alkanes of at least 4 members (excludes halogenated alkanes) is 1. The molecule has 132 valence electrons. The van der Waals surface area contributed by atoms with Crippen LogP contribution in [0.3, 0.4) is 0 Å². The van der Waals surface area contributed by atoms with Crippen molar-refractivity contribution in [3.05, 3.63) is 29.8 Å². The Morgan fingerprint density at radius 2 is 1.88 bits per heavy atom. The molecule has 2 aliphatic rings. The summed E-state index contributed by atoms with van der Waals surface area (Å²) < 4.78 is 27.7. The van der Waals surface area contributed by atoms with Gasteiger partial charge in [0.1, 0.15) is 24.1 Å². The molecule has 24 heavy (non-hydrogen) atoms. The van der Waals surface area contributed by atoms with Gasteiger partial charge in [0.15, 0.2) is 12.4 Å². The molecule has 2 heterocycles. The van der Waals surface area contributed by atoms with Gasteiger partial charge in [-0.1, -0.05) is 19.8 Å². The Morgan fingerprint density at radius 1 is 1.12 bits per heavy atom. The normalized spacial score (nSPS) is 31.2. The van der Waals surface area contributed by atoms with Crippen molar-refractivity contribution in [1.29, 1.82) is 0 Å². The number of methoxy groups -OCH3 is 2. The van der Waals surface area contributed by atoms with E-state index >= 15 is 0 Å². The molecule has 6 nitrogen and oxygen atoms in total. The van der Waals surface area contributed by atoms with Crippen LogP contribution in [0, 0.1) is 0 Å². The average Bonchev–Trinajstić information content (AvgIpc) is 3.41. The van der Waals surface area contributed by atoms with Crippen molar-refractivity contribution in [3.63, 3.8) is 0 Å². The van der Waals surface area contributed by atoms with Crippen LogP contribution in [0.1, 0.15) is 36.5 Å². The van der Waals surface area contributed by atoms with E-state index in [2.05, 4.69) is 6.92 Å². The van der Waals surface area contributed by atoms with Crippen molar-refractivity contribution < 1.29 is 28.5 Å². The Labute approximate surface area is 142 Å². The number of ether oxygens (including phenoxy) is 5. The minimum atomic E-state index is -0.400. The van der Waals surface area contributed by atoms with E-state index in [4.69, 9.17) is 23.7 Å².